The maximum absolute atomic E-state index is 12.9. The number of thiophene rings is 1. The van der Waals surface area contributed by atoms with Crippen molar-refractivity contribution in [2.24, 2.45) is 0 Å². The summed E-state index contributed by atoms with van der Waals surface area (Å²) in [5, 5.41) is 1.97. The van der Waals surface area contributed by atoms with Crippen LogP contribution in [0.15, 0.2) is 52.7 Å². The number of sulfonamides is 1. The lowest BCUT2D eigenvalue weighted by molar-refractivity contribution is -0.133. The number of nitrogens with zero attached hydrogens (tertiary/aromatic N) is 2. The number of hydrogen-bond donors (Lipinski definition) is 0. The maximum atomic E-state index is 12.9. The van der Waals surface area contributed by atoms with Crippen molar-refractivity contribution in [3.8, 4) is 0 Å². The molecule has 1 amide bonds. The van der Waals surface area contributed by atoms with Gasteiger partial charge >= 0.3 is 0 Å². The van der Waals surface area contributed by atoms with Crippen LogP contribution >= 0.6 is 11.3 Å². The number of rotatable bonds is 8. The first-order valence-corrected chi connectivity index (χ1v) is 11.2. The van der Waals surface area contributed by atoms with Gasteiger partial charge in [-0.25, -0.2) is 8.42 Å². The molecule has 8 heteroatoms. The van der Waals surface area contributed by atoms with E-state index in [-0.39, 0.29) is 23.5 Å². The van der Waals surface area contributed by atoms with Gasteiger partial charge in [-0.1, -0.05) is 24.3 Å². The summed E-state index contributed by atoms with van der Waals surface area (Å²) in [5.41, 5.74) is 0. The molecule has 1 unspecified atom stereocenters. The minimum absolute atomic E-state index is 0.0185. The number of hydrogen-bond acceptors (Lipinski definition) is 5. The van der Waals surface area contributed by atoms with Gasteiger partial charge in [0, 0.05) is 25.1 Å². The fourth-order valence-corrected chi connectivity index (χ4v) is 4.89. The van der Waals surface area contributed by atoms with Gasteiger partial charge < -0.3 is 9.64 Å². The molecule has 1 aromatic heterocycles. The lowest BCUT2D eigenvalue weighted by atomic mass is 10.2. The molecule has 0 radical (unpaired) electrons. The number of carbonyl (C=O) groups is 1. The summed E-state index contributed by atoms with van der Waals surface area (Å²) >= 11 is 1.58. The molecule has 1 aliphatic heterocycles. The van der Waals surface area contributed by atoms with E-state index in [2.05, 4.69) is 0 Å². The zero-order chi connectivity index (χ0) is 19.3. The van der Waals surface area contributed by atoms with Gasteiger partial charge in [-0.15, -0.1) is 11.3 Å². The van der Waals surface area contributed by atoms with Crippen LogP contribution in [0.2, 0.25) is 0 Å². The third-order valence-corrected chi connectivity index (χ3v) is 7.22. The molecular formula is C19H24N2O4S2. The van der Waals surface area contributed by atoms with Crippen LogP contribution in [0.3, 0.4) is 0 Å². The Hall–Kier alpha value is -1.74. The van der Waals surface area contributed by atoms with Gasteiger partial charge in [-0.2, -0.15) is 4.31 Å². The monoisotopic (exact) mass is 408 g/mol. The highest BCUT2D eigenvalue weighted by Crippen LogP contribution is 2.19. The van der Waals surface area contributed by atoms with Crippen molar-refractivity contribution < 1.29 is 17.9 Å². The summed E-state index contributed by atoms with van der Waals surface area (Å²) in [6.45, 7) is 1.47. The molecule has 0 bridgehead atoms. The smallest absolute Gasteiger partial charge is 0.243 e. The van der Waals surface area contributed by atoms with E-state index in [0.29, 0.717) is 19.7 Å². The molecule has 2 heterocycles. The molecule has 0 aliphatic carbocycles. The predicted octanol–water partition coefficient (Wildman–Crippen LogP) is 2.58. The van der Waals surface area contributed by atoms with Crippen molar-refractivity contribution in [3.63, 3.8) is 0 Å². The number of ether oxygens (including phenoxy) is 1. The molecule has 1 atom stereocenters. The zero-order valence-corrected chi connectivity index (χ0v) is 16.9. The normalized spacial score (nSPS) is 17.3. The van der Waals surface area contributed by atoms with Gasteiger partial charge in [-0.3, -0.25) is 4.79 Å². The summed E-state index contributed by atoms with van der Waals surface area (Å²) in [4.78, 5) is 15.9. The number of amides is 1. The van der Waals surface area contributed by atoms with E-state index in [1.807, 2.05) is 17.5 Å². The van der Waals surface area contributed by atoms with E-state index in [1.54, 1.807) is 34.4 Å². The molecule has 0 saturated carbocycles. The van der Waals surface area contributed by atoms with Crippen molar-refractivity contribution in [2.45, 2.75) is 30.4 Å². The van der Waals surface area contributed by atoms with Crippen LogP contribution in [0.5, 0.6) is 0 Å². The lowest BCUT2D eigenvalue weighted by Gasteiger charge is -2.27. The Kier molecular flexibility index (Phi) is 6.64. The SMILES string of the molecule is CN(CC(=O)N(Cc1cccs1)CC1CCCO1)S(=O)(=O)c1ccccc1. The van der Waals surface area contributed by atoms with Crippen LogP contribution in [0.1, 0.15) is 17.7 Å². The summed E-state index contributed by atoms with van der Waals surface area (Å²) < 4.78 is 32.2. The third kappa shape index (κ3) is 5.16. The van der Waals surface area contributed by atoms with Crippen molar-refractivity contribution in [1.29, 1.82) is 0 Å². The molecule has 0 N–H and O–H groups in total. The van der Waals surface area contributed by atoms with Crippen molar-refractivity contribution >= 4 is 27.3 Å². The minimum atomic E-state index is -3.70. The van der Waals surface area contributed by atoms with Gasteiger partial charge in [0.15, 0.2) is 0 Å². The van der Waals surface area contributed by atoms with E-state index in [0.717, 1.165) is 22.0 Å². The molecule has 1 saturated heterocycles. The van der Waals surface area contributed by atoms with Crippen molar-refractivity contribution in [1.82, 2.24) is 9.21 Å². The van der Waals surface area contributed by atoms with Crippen molar-refractivity contribution in [3.05, 3.63) is 52.7 Å². The summed E-state index contributed by atoms with van der Waals surface area (Å²) in [6.07, 6.45) is 1.94. The largest absolute Gasteiger partial charge is 0.376 e. The van der Waals surface area contributed by atoms with E-state index in [4.69, 9.17) is 4.74 Å². The van der Waals surface area contributed by atoms with Crippen LogP contribution in [-0.2, 0) is 26.1 Å². The van der Waals surface area contributed by atoms with E-state index in [1.165, 1.54) is 19.2 Å². The topological polar surface area (TPSA) is 66.9 Å². The van der Waals surface area contributed by atoms with Gasteiger partial charge in [-0.05, 0) is 36.4 Å². The van der Waals surface area contributed by atoms with Crippen LogP contribution in [0.25, 0.3) is 0 Å². The average Bonchev–Trinajstić information content (AvgIpc) is 3.36. The molecule has 6 nitrogen and oxygen atoms in total. The number of benzene rings is 1. The van der Waals surface area contributed by atoms with E-state index >= 15 is 0 Å². The average molecular weight is 409 g/mol. The first-order valence-electron chi connectivity index (χ1n) is 8.90. The number of likely N-dealkylation sites (N-methyl/N-ethyl adjacent to an activating group) is 1. The number of carbonyl (C=O) groups excluding carboxylic acids is 1. The van der Waals surface area contributed by atoms with Crippen LogP contribution < -0.4 is 0 Å². The Morgan fingerprint density at radius 2 is 2.00 bits per heavy atom. The van der Waals surface area contributed by atoms with Crippen LogP contribution in [0.4, 0.5) is 0 Å². The highest BCUT2D eigenvalue weighted by atomic mass is 32.2. The summed E-state index contributed by atoms with van der Waals surface area (Å²) in [5.74, 6) is -0.221. The Morgan fingerprint density at radius 1 is 1.22 bits per heavy atom. The zero-order valence-electron chi connectivity index (χ0n) is 15.3. The molecule has 146 valence electrons. The van der Waals surface area contributed by atoms with Crippen LogP contribution in [-0.4, -0.2) is 56.4 Å². The first kappa shape index (κ1) is 20.0. The first-order chi connectivity index (χ1) is 13.0. The second-order valence-electron chi connectivity index (χ2n) is 6.56. The third-order valence-electron chi connectivity index (χ3n) is 4.54. The second kappa shape index (κ2) is 8.97. The summed E-state index contributed by atoms with van der Waals surface area (Å²) in [7, 11) is -2.26. The fraction of sp³-hybridized carbons (Fsp3) is 0.421. The molecule has 1 aliphatic rings. The molecule has 1 fully saturated rings. The van der Waals surface area contributed by atoms with E-state index < -0.39 is 10.0 Å². The summed E-state index contributed by atoms with van der Waals surface area (Å²) in [6, 6.07) is 12.1. The Balaban J connectivity index is 1.70. The Bertz CT molecular complexity index is 832. The Labute approximate surface area is 164 Å². The second-order valence-corrected chi connectivity index (χ2v) is 9.64. The van der Waals surface area contributed by atoms with Gasteiger partial charge in [0.2, 0.25) is 15.9 Å². The molecule has 27 heavy (non-hydrogen) atoms. The van der Waals surface area contributed by atoms with Gasteiger partial charge in [0.1, 0.15) is 0 Å². The highest BCUT2D eigenvalue weighted by Gasteiger charge is 2.27. The molecular weight excluding hydrogens is 384 g/mol. The lowest BCUT2D eigenvalue weighted by Crippen LogP contribution is -2.43. The van der Waals surface area contributed by atoms with Crippen molar-refractivity contribution in [2.75, 3.05) is 26.7 Å². The van der Waals surface area contributed by atoms with Gasteiger partial charge in [0.05, 0.1) is 24.1 Å². The standard InChI is InChI=1S/C19H24N2O4S2/c1-20(27(23,24)18-9-3-2-4-10-18)15-19(22)21(13-16-7-5-11-25-16)14-17-8-6-12-26-17/h2-4,6,8-10,12,16H,5,7,11,13-15H2,1H3. The molecule has 3 rings (SSSR count). The highest BCUT2D eigenvalue weighted by molar-refractivity contribution is 7.89. The maximum Gasteiger partial charge on any atom is 0.243 e. The molecule has 2 aromatic rings. The predicted molar refractivity (Wildman–Crippen MR) is 105 cm³/mol. The van der Waals surface area contributed by atoms with Crippen LogP contribution in [0, 0.1) is 0 Å². The fourth-order valence-electron chi connectivity index (χ4n) is 3.03. The quantitative estimate of drug-likeness (QED) is 0.673. The Morgan fingerprint density at radius 3 is 2.63 bits per heavy atom. The molecule has 1 aromatic carbocycles. The van der Waals surface area contributed by atoms with E-state index in [9.17, 15) is 13.2 Å². The molecule has 0 spiro atoms. The van der Waals surface area contributed by atoms with Gasteiger partial charge in [0.25, 0.3) is 0 Å². The minimum Gasteiger partial charge on any atom is -0.376 e.